The zero-order valence-corrected chi connectivity index (χ0v) is 10.8. The van der Waals surface area contributed by atoms with E-state index in [1.807, 2.05) is 0 Å². The fourth-order valence-corrected chi connectivity index (χ4v) is 1.35. The third kappa shape index (κ3) is 4.57. The van der Waals surface area contributed by atoms with E-state index in [1.165, 1.54) is 38.2 Å². The maximum Gasteiger partial charge on any atom is 0.326 e. The van der Waals surface area contributed by atoms with Crippen LogP contribution in [0.15, 0.2) is 24.3 Å². The number of ether oxygens (including phenoxy) is 1. The Morgan fingerprint density at radius 1 is 1.37 bits per heavy atom. The number of halogens is 1. The van der Waals surface area contributed by atoms with Gasteiger partial charge in [-0.05, 0) is 31.2 Å². The van der Waals surface area contributed by atoms with E-state index in [0.29, 0.717) is 5.75 Å². The van der Waals surface area contributed by atoms with Gasteiger partial charge in [0.05, 0.1) is 13.0 Å². The lowest BCUT2D eigenvalue weighted by Gasteiger charge is -2.21. The van der Waals surface area contributed by atoms with Crippen LogP contribution in [0.1, 0.15) is 13.3 Å². The van der Waals surface area contributed by atoms with Crippen molar-refractivity contribution < 1.29 is 23.8 Å². The van der Waals surface area contributed by atoms with Crippen molar-refractivity contribution in [2.24, 2.45) is 0 Å². The second kappa shape index (κ2) is 6.72. The average molecular weight is 269 g/mol. The largest absolute Gasteiger partial charge is 0.493 e. The summed E-state index contributed by atoms with van der Waals surface area (Å²) in [6, 6.07) is 4.57. The van der Waals surface area contributed by atoms with E-state index in [4.69, 9.17) is 9.84 Å². The van der Waals surface area contributed by atoms with Crippen molar-refractivity contribution in [1.29, 1.82) is 0 Å². The fraction of sp³-hybridized carbons (Fsp3) is 0.385. The zero-order valence-electron chi connectivity index (χ0n) is 10.8. The van der Waals surface area contributed by atoms with Gasteiger partial charge < -0.3 is 14.7 Å². The van der Waals surface area contributed by atoms with Gasteiger partial charge in [-0.15, -0.1) is 0 Å². The highest BCUT2D eigenvalue weighted by Crippen LogP contribution is 2.11. The normalized spacial score (nSPS) is 11.7. The molecule has 0 bridgehead atoms. The number of hydrogen-bond acceptors (Lipinski definition) is 3. The Kier molecular flexibility index (Phi) is 5.29. The Bertz CT molecular complexity index is 446. The number of carboxylic acids is 1. The number of amides is 1. The molecule has 0 radical (unpaired) electrons. The van der Waals surface area contributed by atoms with Gasteiger partial charge in [0.2, 0.25) is 5.91 Å². The number of likely N-dealkylation sites (N-methyl/N-ethyl adjacent to an activating group) is 1. The fourth-order valence-electron chi connectivity index (χ4n) is 1.35. The van der Waals surface area contributed by atoms with Crippen LogP contribution < -0.4 is 4.74 Å². The molecule has 0 saturated heterocycles. The van der Waals surface area contributed by atoms with E-state index in [0.717, 1.165) is 4.90 Å². The van der Waals surface area contributed by atoms with E-state index < -0.39 is 12.0 Å². The smallest absolute Gasteiger partial charge is 0.326 e. The standard InChI is InChI=1S/C13H16FNO4/c1-9(13(17)18)15(2)12(16)7-8-19-11-5-3-10(14)4-6-11/h3-6,9H,7-8H2,1-2H3,(H,17,18). The Morgan fingerprint density at radius 3 is 2.47 bits per heavy atom. The molecule has 0 aliphatic heterocycles. The maximum atomic E-state index is 12.6. The summed E-state index contributed by atoms with van der Waals surface area (Å²) in [7, 11) is 1.43. The highest BCUT2D eigenvalue weighted by Gasteiger charge is 2.21. The minimum Gasteiger partial charge on any atom is -0.493 e. The summed E-state index contributed by atoms with van der Waals surface area (Å²) in [5.41, 5.74) is 0. The molecule has 104 valence electrons. The molecule has 0 saturated carbocycles. The highest BCUT2D eigenvalue weighted by atomic mass is 19.1. The molecule has 0 aliphatic carbocycles. The van der Waals surface area contributed by atoms with Crippen molar-refractivity contribution in [1.82, 2.24) is 4.90 Å². The third-order valence-electron chi connectivity index (χ3n) is 2.73. The molecule has 1 unspecified atom stereocenters. The molecule has 0 heterocycles. The number of aliphatic carboxylic acids is 1. The third-order valence-corrected chi connectivity index (χ3v) is 2.73. The molecular formula is C13H16FNO4. The number of rotatable bonds is 6. The molecule has 0 fully saturated rings. The van der Waals surface area contributed by atoms with E-state index in [-0.39, 0.29) is 24.8 Å². The topological polar surface area (TPSA) is 66.8 Å². The first-order valence-corrected chi connectivity index (χ1v) is 5.78. The molecular weight excluding hydrogens is 253 g/mol. The summed E-state index contributed by atoms with van der Waals surface area (Å²) >= 11 is 0. The Labute approximate surface area is 110 Å². The number of benzene rings is 1. The summed E-state index contributed by atoms with van der Waals surface area (Å²) in [5, 5.41) is 8.77. The molecule has 0 aromatic heterocycles. The summed E-state index contributed by atoms with van der Waals surface area (Å²) in [6.45, 7) is 1.54. The number of carboxylic acid groups (broad SMARTS) is 1. The van der Waals surface area contributed by atoms with Gasteiger partial charge in [-0.3, -0.25) is 4.79 Å². The molecule has 19 heavy (non-hydrogen) atoms. The second-order valence-corrected chi connectivity index (χ2v) is 4.07. The minimum absolute atomic E-state index is 0.0610. The quantitative estimate of drug-likeness (QED) is 0.850. The van der Waals surface area contributed by atoms with Gasteiger partial charge in [0, 0.05) is 7.05 Å². The van der Waals surface area contributed by atoms with Crippen molar-refractivity contribution in [3.8, 4) is 5.75 Å². The molecule has 0 aliphatic rings. The summed E-state index contributed by atoms with van der Waals surface area (Å²) < 4.78 is 17.9. The van der Waals surface area contributed by atoms with Gasteiger partial charge >= 0.3 is 5.97 Å². The van der Waals surface area contributed by atoms with Crippen LogP contribution in [0.2, 0.25) is 0 Å². The number of carbonyl (C=O) groups is 2. The average Bonchev–Trinajstić information content (AvgIpc) is 2.39. The van der Waals surface area contributed by atoms with Crippen molar-refractivity contribution >= 4 is 11.9 Å². The molecule has 0 spiro atoms. The van der Waals surface area contributed by atoms with Crippen LogP contribution in [0, 0.1) is 5.82 Å². The van der Waals surface area contributed by atoms with E-state index >= 15 is 0 Å². The van der Waals surface area contributed by atoms with Crippen molar-refractivity contribution in [2.75, 3.05) is 13.7 Å². The minimum atomic E-state index is -1.06. The molecule has 1 amide bonds. The number of hydrogen-bond donors (Lipinski definition) is 1. The van der Waals surface area contributed by atoms with Crippen LogP contribution >= 0.6 is 0 Å². The van der Waals surface area contributed by atoms with Crippen molar-refractivity contribution in [3.63, 3.8) is 0 Å². The lowest BCUT2D eigenvalue weighted by molar-refractivity contribution is -0.148. The van der Waals surface area contributed by atoms with Crippen LogP contribution in [0.25, 0.3) is 0 Å². The van der Waals surface area contributed by atoms with Crippen molar-refractivity contribution in [3.05, 3.63) is 30.1 Å². The van der Waals surface area contributed by atoms with E-state index in [1.54, 1.807) is 0 Å². The summed E-state index contributed by atoms with van der Waals surface area (Å²) in [5.74, 6) is -1.28. The molecule has 5 nitrogen and oxygen atoms in total. The van der Waals surface area contributed by atoms with Crippen LogP contribution in [0.4, 0.5) is 4.39 Å². The number of nitrogens with zero attached hydrogens (tertiary/aromatic N) is 1. The van der Waals surface area contributed by atoms with Gasteiger partial charge in [-0.1, -0.05) is 0 Å². The first-order valence-electron chi connectivity index (χ1n) is 5.78. The first kappa shape index (κ1) is 14.9. The maximum absolute atomic E-state index is 12.6. The SMILES string of the molecule is CC(C(=O)O)N(C)C(=O)CCOc1ccc(F)cc1. The van der Waals surface area contributed by atoms with Gasteiger partial charge in [0.25, 0.3) is 0 Å². The second-order valence-electron chi connectivity index (χ2n) is 4.07. The lowest BCUT2D eigenvalue weighted by atomic mass is 10.2. The van der Waals surface area contributed by atoms with Gasteiger partial charge in [0.15, 0.2) is 0 Å². The van der Waals surface area contributed by atoms with Crippen LogP contribution in [-0.4, -0.2) is 41.6 Å². The van der Waals surface area contributed by atoms with E-state index in [9.17, 15) is 14.0 Å². The molecule has 1 aromatic rings. The molecule has 1 N–H and O–H groups in total. The predicted octanol–water partition coefficient (Wildman–Crippen LogP) is 1.53. The Morgan fingerprint density at radius 2 is 1.95 bits per heavy atom. The monoisotopic (exact) mass is 269 g/mol. The van der Waals surface area contributed by atoms with Gasteiger partial charge in [-0.2, -0.15) is 0 Å². The number of carbonyl (C=O) groups excluding carboxylic acids is 1. The van der Waals surface area contributed by atoms with Crippen LogP contribution in [0.5, 0.6) is 5.75 Å². The molecule has 1 atom stereocenters. The first-order chi connectivity index (χ1) is 8.91. The van der Waals surface area contributed by atoms with Crippen LogP contribution in [0.3, 0.4) is 0 Å². The molecule has 1 rings (SSSR count). The lowest BCUT2D eigenvalue weighted by Crippen LogP contribution is -2.40. The summed E-state index contributed by atoms with van der Waals surface area (Å²) in [6.07, 6.45) is 0.0610. The van der Waals surface area contributed by atoms with Crippen molar-refractivity contribution in [2.45, 2.75) is 19.4 Å². The van der Waals surface area contributed by atoms with Crippen LogP contribution in [-0.2, 0) is 9.59 Å². The zero-order chi connectivity index (χ0) is 14.4. The Balaban J connectivity index is 2.38. The predicted molar refractivity (Wildman–Crippen MR) is 66.4 cm³/mol. The summed E-state index contributed by atoms with van der Waals surface area (Å²) in [4.78, 5) is 23.5. The Hall–Kier alpha value is -2.11. The molecule has 6 heteroatoms. The van der Waals surface area contributed by atoms with Gasteiger partial charge in [0.1, 0.15) is 17.6 Å². The molecule has 1 aromatic carbocycles. The highest BCUT2D eigenvalue weighted by molar-refractivity contribution is 5.83. The van der Waals surface area contributed by atoms with Gasteiger partial charge in [-0.25, -0.2) is 9.18 Å². The van der Waals surface area contributed by atoms with E-state index in [2.05, 4.69) is 0 Å².